The van der Waals surface area contributed by atoms with Crippen LogP contribution in [-0.2, 0) is 6.42 Å². The monoisotopic (exact) mass is 188 g/mol. The summed E-state index contributed by atoms with van der Waals surface area (Å²) in [4.78, 5) is 0. The zero-order valence-electron chi connectivity index (χ0n) is 8.53. The predicted octanol–water partition coefficient (Wildman–Crippen LogP) is 2.16. The molecule has 3 nitrogen and oxygen atoms in total. The number of allylic oxidation sites excluding steroid dienone is 4. The molecule has 14 heavy (non-hydrogen) atoms. The minimum atomic E-state index is 0.631. The highest BCUT2D eigenvalue weighted by molar-refractivity contribution is 6.64. The van der Waals surface area contributed by atoms with Crippen LogP contribution in [0.1, 0.15) is 12.3 Å². The largest absolute Gasteiger partial charge is 0.428 e. The minimum Gasteiger partial charge on any atom is -0.428 e. The normalized spacial score (nSPS) is 15.3. The summed E-state index contributed by atoms with van der Waals surface area (Å²) in [5, 5.41) is 7.52. The first-order valence-electron chi connectivity index (χ1n) is 4.90. The molecule has 4 heteroatoms. The number of rotatable bonds is 3. The number of hydrogen-bond acceptors (Lipinski definition) is 3. The molecule has 0 saturated carbocycles. The van der Waals surface area contributed by atoms with Crippen LogP contribution in [0.3, 0.4) is 0 Å². The van der Waals surface area contributed by atoms with Crippen LogP contribution in [0.4, 0.5) is 0 Å². The summed E-state index contributed by atoms with van der Waals surface area (Å²) in [5.74, 6) is 0.692. The molecule has 1 aromatic rings. The van der Waals surface area contributed by atoms with Crippen molar-refractivity contribution >= 4 is 6.71 Å². The molecule has 2 rings (SSSR count). The van der Waals surface area contributed by atoms with E-state index in [2.05, 4.69) is 36.0 Å². The van der Waals surface area contributed by atoms with E-state index in [1.54, 1.807) is 0 Å². The van der Waals surface area contributed by atoms with Crippen LogP contribution < -0.4 is 0 Å². The summed E-state index contributed by atoms with van der Waals surface area (Å²) in [5.41, 5.74) is 2.78. The lowest BCUT2D eigenvalue weighted by molar-refractivity contribution is 0.504. The number of aromatic nitrogens is 2. The fourth-order valence-electron chi connectivity index (χ4n) is 1.58. The van der Waals surface area contributed by atoms with Gasteiger partial charge in [0, 0.05) is 0 Å². The number of nitrogens with zero attached hydrogens (tertiary/aromatic N) is 2. The second kappa shape index (κ2) is 3.82. The van der Waals surface area contributed by atoms with Crippen LogP contribution in [0, 0.1) is 0 Å². The maximum Gasteiger partial charge on any atom is 0.220 e. The summed E-state index contributed by atoms with van der Waals surface area (Å²) in [6.45, 7) is 5.07. The van der Waals surface area contributed by atoms with Crippen molar-refractivity contribution in [1.29, 1.82) is 0 Å². The Bertz CT molecular complexity index is 365. The van der Waals surface area contributed by atoms with Gasteiger partial charge in [-0.15, -0.1) is 10.2 Å². The molecule has 1 aromatic heterocycles. The van der Waals surface area contributed by atoms with E-state index < -0.39 is 0 Å². The second-order valence-corrected chi connectivity index (χ2v) is 3.87. The molecule has 0 bridgehead atoms. The van der Waals surface area contributed by atoms with E-state index in [1.807, 2.05) is 0 Å². The molecule has 1 heterocycles. The maximum atomic E-state index is 5.10. The summed E-state index contributed by atoms with van der Waals surface area (Å²) < 4.78 is 5.10. The molecule has 1 aliphatic rings. The molecule has 0 atom stereocenters. The minimum absolute atomic E-state index is 0.631. The van der Waals surface area contributed by atoms with Crippen molar-refractivity contribution in [3.63, 3.8) is 0 Å². The van der Waals surface area contributed by atoms with Crippen molar-refractivity contribution in [3.05, 3.63) is 35.5 Å². The van der Waals surface area contributed by atoms with Crippen molar-refractivity contribution in [3.8, 4) is 0 Å². The highest BCUT2D eigenvalue weighted by atomic mass is 16.4. The Balaban J connectivity index is 2.02. The van der Waals surface area contributed by atoms with E-state index in [0.717, 1.165) is 12.8 Å². The van der Waals surface area contributed by atoms with Crippen LogP contribution in [0.2, 0.25) is 13.6 Å². The molecule has 72 valence electrons. The van der Waals surface area contributed by atoms with Gasteiger partial charge >= 0.3 is 0 Å². The number of hydrogen-bond donors (Lipinski definition) is 0. The molecule has 0 radical (unpaired) electrons. The third kappa shape index (κ3) is 1.95. The van der Waals surface area contributed by atoms with Gasteiger partial charge in [-0.2, -0.15) is 0 Å². The van der Waals surface area contributed by atoms with E-state index >= 15 is 0 Å². The zero-order valence-corrected chi connectivity index (χ0v) is 8.53. The molecule has 0 fully saturated rings. The highest BCUT2D eigenvalue weighted by Crippen LogP contribution is 2.22. The maximum absolute atomic E-state index is 5.10. The van der Waals surface area contributed by atoms with Crippen molar-refractivity contribution in [2.45, 2.75) is 26.5 Å². The molecular formula is C10H13BN2O. The third-order valence-electron chi connectivity index (χ3n) is 2.47. The van der Waals surface area contributed by atoms with Gasteiger partial charge in [0.05, 0.1) is 6.42 Å². The Morgan fingerprint density at radius 1 is 1.50 bits per heavy atom. The molecule has 0 unspecified atom stereocenters. The Morgan fingerprint density at radius 2 is 2.36 bits per heavy atom. The van der Waals surface area contributed by atoms with Crippen molar-refractivity contribution in [2.75, 3.05) is 0 Å². The lowest BCUT2D eigenvalue weighted by Crippen LogP contribution is -2.02. The van der Waals surface area contributed by atoms with Crippen molar-refractivity contribution < 1.29 is 4.42 Å². The molecule has 0 spiro atoms. The summed E-state index contributed by atoms with van der Waals surface area (Å²) >= 11 is 0. The first-order valence-corrected chi connectivity index (χ1v) is 4.90. The van der Waals surface area contributed by atoms with Gasteiger partial charge in [0.2, 0.25) is 12.3 Å². The van der Waals surface area contributed by atoms with E-state index in [4.69, 9.17) is 4.42 Å². The lowest BCUT2D eigenvalue weighted by Gasteiger charge is -1.99. The van der Waals surface area contributed by atoms with Crippen LogP contribution in [0.15, 0.2) is 34.0 Å². The third-order valence-corrected chi connectivity index (χ3v) is 2.47. The van der Waals surface area contributed by atoms with Crippen LogP contribution in [0.5, 0.6) is 0 Å². The van der Waals surface area contributed by atoms with Crippen LogP contribution >= 0.6 is 0 Å². The van der Waals surface area contributed by atoms with Gasteiger partial charge in [0.1, 0.15) is 0 Å². The zero-order chi connectivity index (χ0) is 9.97. The summed E-state index contributed by atoms with van der Waals surface area (Å²) in [6, 6.07) is 0. The fraction of sp³-hybridized carbons (Fsp3) is 0.400. The van der Waals surface area contributed by atoms with Gasteiger partial charge in [0.15, 0.2) is 6.71 Å². The first-order chi connectivity index (χ1) is 6.75. The van der Waals surface area contributed by atoms with Gasteiger partial charge in [-0.25, -0.2) is 0 Å². The standard InChI is InChI=1S/C10H13BN2O/c1-11(2)9-4-3-8(5-9)6-10-13-12-7-14-10/h3,5,7H,4,6H2,1-2H3. The topological polar surface area (TPSA) is 38.9 Å². The average Bonchev–Trinajstić information content (AvgIpc) is 2.75. The molecule has 0 amide bonds. The van der Waals surface area contributed by atoms with E-state index in [1.165, 1.54) is 17.4 Å². The van der Waals surface area contributed by atoms with Crippen molar-refractivity contribution in [1.82, 2.24) is 10.2 Å². The Morgan fingerprint density at radius 3 is 2.93 bits per heavy atom. The van der Waals surface area contributed by atoms with Crippen LogP contribution in [0.25, 0.3) is 0 Å². The Kier molecular flexibility index (Phi) is 2.52. The fourth-order valence-corrected chi connectivity index (χ4v) is 1.58. The van der Waals surface area contributed by atoms with Gasteiger partial charge in [-0.3, -0.25) is 0 Å². The summed E-state index contributed by atoms with van der Waals surface area (Å²) in [7, 11) is 0. The molecule has 1 aliphatic carbocycles. The van der Waals surface area contributed by atoms with Gasteiger partial charge in [-0.1, -0.05) is 31.3 Å². The molecule has 0 N–H and O–H groups in total. The highest BCUT2D eigenvalue weighted by Gasteiger charge is 2.13. The smallest absolute Gasteiger partial charge is 0.220 e. The molecular weight excluding hydrogens is 175 g/mol. The van der Waals surface area contributed by atoms with Gasteiger partial charge in [-0.05, 0) is 12.0 Å². The van der Waals surface area contributed by atoms with Gasteiger partial charge in [0.25, 0.3) is 0 Å². The predicted molar refractivity (Wildman–Crippen MR) is 56.3 cm³/mol. The SMILES string of the molecule is CB(C)C1=CC(Cc2nnco2)=CC1. The Labute approximate surface area is 84.0 Å². The average molecular weight is 188 g/mol. The van der Waals surface area contributed by atoms with E-state index in [-0.39, 0.29) is 0 Å². The molecule has 0 aliphatic heterocycles. The lowest BCUT2D eigenvalue weighted by atomic mass is 9.48. The van der Waals surface area contributed by atoms with E-state index in [0.29, 0.717) is 12.6 Å². The summed E-state index contributed by atoms with van der Waals surface area (Å²) in [6.07, 6.45) is 7.68. The van der Waals surface area contributed by atoms with Crippen molar-refractivity contribution in [2.24, 2.45) is 0 Å². The molecule has 0 saturated heterocycles. The molecule has 0 aromatic carbocycles. The quantitative estimate of drug-likeness (QED) is 0.682. The van der Waals surface area contributed by atoms with Gasteiger partial charge < -0.3 is 4.42 Å². The second-order valence-electron chi connectivity index (χ2n) is 3.87. The Hall–Kier alpha value is -1.32. The van der Waals surface area contributed by atoms with Crippen LogP contribution in [-0.4, -0.2) is 16.9 Å². The first kappa shape index (κ1) is 9.25. The van der Waals surface area contributed by atoms with E-state index in [9.17, 15) is 0 Å².